The Kier molecular flexibility index (Phi) is 5.16. The summed E-state index contributed by atoms with van der Waals surface area (Å²) >= 11 is 12.4. The van der Waals surface area contributed by atoms with Crippen molar-refractivity contribution < 1.29 is 19.5 Å². The molecule has 0 bridgehead atoms. The van der Waals surface area contributed by atoms with Crippen LogP contribution < -0.4 is 4.90 Å². The van der Waals surface area contributed by atoms with Gasteiger partial charge in [-0.05, 0) is 17.7 Å². The third kappa shape index (κ3) is 3.43. The van der Waals surface area contributed by atoms with Gasteiger partial charge in [-0.25, -0.2) is 0 Å². The maximum atomic E-state index is 13.3. The Hall–Kier alpha value is -2.68. The zero-order chi connectivity index (χ0) is 20.7. The summed E-state index contributed by atoms with van der Waals surface area (Å²) in [5.41, 5.74) is 2.28. The summed E-state index contributed by atoms with van der Waals surface area (Å²) < 4.78 is 0.120. The number of halogens is 1. The van der Waals surface area contributed by atoms with Gasteiger partial charge in [0.1, 0.15) is 10.9 Å². The van der Waals surface area contributed by atoms with E-state index in [1.807, 2.05) is 24.3 Å². The minimum absolute atomic E-state index is 0.120. The highest BCUT2D eigenvalue weighted by Crippen LogP contribution is 2.45. The number of carboxylic acids is 1. The first-order valence-corrected chi connectivity index (χ1v) is 10.1. The SMILES string of the molecule is O=C(O)CN1C(=O)/C(=C2\C(=O)N(Cc3ccccc3Cl)c3ccccc32)SC1=S. The van der Waals surface area contributed by atoms with Gasteiger partial charge in [0.15, 0.2) is 0 Å². The first-order valence-electron chi connectivity index (χ1n) is 8.53. The monoisotopic (exact) mass is 444 g/mol. The summed E-state index contributed by atoms with van der Waals surface area (Å²) in [6, 6.07) is 14.4. The van der Waals surface area contributed by atoms with Crippen molar-refractivity contribution >= 4 is 68.9 Å². The molecule has 9 heteroatoms. The molecule has 0 radical (unpaired) electrons. The molecule has 1 N–H and O–H groups in total. The Morgan fingerprint density at radius 1 is 1.03 bits per heavy atom. The summed E-state index contributed by atoms with van der Waals surface area (Å²) in [6.07, 6.45) is 0. The number of hydrogen-bond donors (Lipinski definition) is 1. The highest BCUT2D eigenvalue weighted by Gasteiger charge is 2.42. The van der Waals surface area contributed by atoms with Crippen LogP contribution in [-0.4, -0.2) is 38.7 Å². The van der Waals surface area contributed by atoms with Crippen LogP contribution in [0.15, 0.2) is 53.4 Å². The predicted octanol–water partition coefficient (Wildman–Crippen LogP) is 3.54. The van der Waals surface area contributed by atoms with E-state index in [2.05, 4.69) is 0 Å². The fourth-order valence-electron chi connectivity index (χ4n) is 3.27. The van der Waals surface area contributed by atoms with Crippen molar-refractivity contribution in [2.45, 2.75) is 6.54 Å². The zero-order valence-electron chi connectivity index (χ0n) is 14.8. The molecule has 0 aromatic heterocycles. The van der Waals surface area contributed by atoms with Crippen molar-refractivity contribution in [1.29, 1.82) is 0 Å². The van der Waals surface area contributed by atoms with Gasteiger partial charge in [-0.15, -0.1) is 0 Å². The van der Waals surface area contributed by atoms with Crippen LogP contribution in [0.25, 0.3) is 5.57 Å². The lowest BCUT2D eigenvalue weighted by Gasteiger charge is -2.18. The second kappa shape index (κ2) is 7.62. The number of benzene rings is 2. The summed E-state index contributed by atoms with van der Waals surface area (Å²) in [5, 5.41) is 9.58. The summed E-state index contributed by atoms with van der Waals surface area (Å²) in [5.74, 6) is -2.09. The molecule has 4 rings (SSSR count). The van der Waals surface area contributed by atoms with Crippen molar-refractivity contribution in [3.63, 3.8) is 0 Å². The van der Waals surface area contributed by atoms with Crippen LogP contribution >= 0.6 is 35.6 Å². The van der Waals surface area contributed by atoms with E-state index in [0.29, 0.717) is 16.3 Å². The van der Waals surface area contributed by atoms with E-state index in [4.69, 9.17) is 28.9 Å². The summed E-state index contributed by atoms with van der Waals surface area (Å²) in [4.78, 5) is 39.9. The van der Waals surface area contributed by atoms with Crippen LogP contribution in [0.5, 0.6) is 0 Å². The van der Waals surface area contributed by atoms with E-state index in [-0.39, 0.29) is 27.3 Å². The molecule has 146 valence electrons. The van der Waals surface area contributed by atoms with Gasteiger partial charge >= 0.3 is 5.97 Å². The number of amides is 2. The number of carbonyl (C=O) groups excluding carboxylic acids is 2. The quantitative estimate of drug-likeness (QED) is 0.574. The number of rotatable bonds is 4. The van der Waals surface area contributed by atoms with Crippen LogP contribution in [0.4, 0.5) is 5.69 Å². The van der Waals surface area contributed by atoms with Crippen molar-refractivity contribution in [3.8, 4) is 0 Å². The van der Waals surface area contributed by atoms with Crippen molar-refractivity contribution in [2.24, 2.45) is 0 Å². The molecule has 2 aliphatic rings. The van der Waals surface area contributed by atoms with Gasteiger partial charge in [0.05, 0.1) is 22.7 Å². The summed E-state index contributed by atoms with van der Waals surface area (Å²) in [6.45, 7) is -0.297. The molecule has 0 spiro atoms. The Balaban J connectivity index is 1.78. The molecule has 0 unspecified atom stereocenters. The van der Waals surface area contributed by atoms with Gasteiger partial charge in [0.25, 0.3) is 11.8 Å². The number of carboxylic acid groups (broad SMARTS) is 1. The lowest BCUT2D eigenvalue weighted by molar-refractivity contribution is -0.140. The Morgan fingerprint density at radius 3 is 2.45 bits per heavy atom. The van der Waals surface area contributed by atoms with Crippen LogP contribution in [0.1, 0.15) is 11.1 Å². The lowest BCUT2D eigenvalue weighted by Crippen LogP contribution is -2.33. The predicted molar refractivity (Wildman–Crippen MR) is 116 cm³/mol. The first kappa shape index (κ1) is 19.6. The van der Waals surface area contributed by atoms with Crippen LogP contribution in [0.2, 0.25) is 5.02 Å². The van der Waals surface area contributed by atoms with Gasteiger partial charge < -0.3 is 10.0 Å². The molecule has 2 aromatic rings. The Morgan fingerprint density at radius 2 is 1.72 bits per heavy atom. The Labute approximate surface area is 180 Å². The first-order chi connectivity index (χ1) is 13.9. The van der Waals surface area contributed by atoms with E-state index in [0.717, 1.165) is 22.2 Å². The minimum atomic E-state index is -1.17. The van der Waals surface area contributed by atoms with Gasteiger partial charge in [-0.1, -0.05) is 72.0 Å². The number of nitrogens with zero attached hydrogens (tertiary/aromatic N) is 2. The number of anilines is 1. The molecule has 1 saturated heterocycles. The van der Waals surface area contributed by atoms with Gasteiger partial charge in [-0.3, -0.25) is 19.3 Å². The molecule has 1 fully saturated rings. The largest absolute Gasteiger partial charge is 0.480 e. The topological polar surface area (TPSA) is 77.9 Å². The molecule has 2 heterocycles. The minimum Gasteiger partial charge on any atom is -0.480 e. The maximum Gasteiger partial charge on any atom is 0.323 e. The van der Waals surface area contributed by atoms with Gasteiger partial charge in [0, 0.05) is 10.6 Å². The van der Waals surface area contributed by atoms with E-state index in [1.165, 1.54) is 0 Å². The normalized spacial score (nSPS) is 18.6. The number of fused-ring (bicyclic) bond motifs is 1. The van der Waals surface area contributed by atoms with E-state index in [9.17, 15) is 14.4 Å². The van der Waals surface area contributed by atoms with Gasteiger partial charge in [-0.2, -0.15) is 0 Å². The summed E-state index contributed by atoms with van der Waals surface area (Å²) in [7, 11) is 0. The molecule has 2 aromatic carbocycles. The van der Waals surface area contributed by atoms with Crippen LogP contribution in [0, 0.1) is 0 Å². The molecule has 6 nitrogen and oxygen atoms in total. The fraction of sp³-hybridized carbons (Fsp3) is 0.100. The van der Waals surface area contributed by atoms with Crippen molar-refractivity contribution in [2.75, 3.05) is 11.4 Å². The standard InChI is InChI=1S/C20H13ClN2O4S2/c21-13-7-3-1-5-11(13)9-22-14-8-4-2-6-12(14)16(18(22)26)17-19(27)23(10-15(24)25)20(28)29-17/h1-8H,9-10H2,(H,24,25)/b17-16+. The molecule has 0 atom stereocenters. The number of para-hydroxylation sites is 1. The fourth-order valence-corrected chi connectivity index (χ4v) is 4.80. The molecule has 2 aliphatic heterocycles. The van der Waals surface area contributed by atoms with Gasteiger partial charge in [0.2, 0.25) is 0 Å². The van der Waals surface area contributed by atoms with E-state index in [1.54, 1.807) is 29.2 Å². The third-order valence-corrected chi connectivity index (χ3v) is 6.40. The number of thiocarbonyl (C=S) groups is 1. The number of thioether (sulfide) groups is 1. The third-order valence-electron chi connectivity index (χ3n) is 4.58. The molecule has 0 saturated carbocycles. The molecule has 29 heavy (non-hydrogen) atoms. The zero-order valence-corrected chi connectivity index (χ0v) is 17.2. The average Bonchev–Trinajstić information content (AvgIpc) is 3.11. The molecule has 0 aliphatic carbocycles. The molecular weight excluding hydrogens is 432 g/mol. The number of carbonyl (C=O) groups is 3. The number of hydrogen-bond acceptors (Lipinski definition) is 5. The second-order valence-corrected chi connectivity index (χ2v) is 8.41. The van der Waals surface area contributed by atoms with Crippen LogP contribution in [0.3, 0.4) is 0 Å². The molecule has 2 amide bonds. The molecular formula is C20H13ClN2O4S2. The van der Waals surface area contributed by atoms with Crippen molar-refractivity contribution in [3.05, 3.63) is 69.6 Å². The highest BCUT2D eigenvalue weighted by molar-refractivity contribution is 8.26. The van der Waals surface area contributed by atoms with E-state index >= 15 is 0 Å². The lowest BCUT2D eigenvalue weighted by atomic mass is 10.1. The average molecular weight is 445 g/mol. The Bertz CT molecular complexity index is 1120. The smallest absolute Gasteiger partial charge is 0.323 e. The van der Waals surface area contributed by atoms with Crippen LogP contribution in [-0.2, 0) is 20.9 Å². The number of aliphatic carboxylic acids is 1. The second-order valence-electron chi connectivity index (χ2n) is 6.36. The van der Waals surface area contributed by atoms with Crippen molar-refractivity contribution in [1.82, 2.24) is 4.90 Å². The highest BCUT2D eigenvalue weighted by atomic mass is 35.5. The van der Waals surface area contributed by atoms with E-state index < -0.39 is 18.4 Å². The maximum absolute atomic E-state index is 13.3.